The van der Waals surface area contributed by atoms with Gasteiger partial charge in [-0.1, -0.05) is 20.8 Å². The number of rotatable bonds is 0. The lowest BCUT2D eigenvalue weighted by Gasteiger charge is -2.34. The van der Waals surface area contributed by atoms with Gasteiger partial charge in [-0.15, -0.1) is 0 Å². The van der Waals surface area contributed by atoms with Gasteiger partial charge in [0.2, 0.25) is 0 Å². The van der Waals surface area contributed by atoms with Crippen LogP contribution in [0.5, 0.6) is 0 Å². The maximum atomic E-state index is 12.8. The van der Waals surface area contributed by atoms with Crippen LogP contribution in [0.25, 0.3) is 0 Å². The van der Waals surface area contributed by atoms with E-state index in [-0.39, 0.29) is 4.74 Å². The van der Waals surface area contributed by atoms with Crippen molar-refractivity contribution in [2.24, 2.45) is 11.3 Å². The third-order valence-corrected chi connectivity index (χ3v) is 3.64. The Bertz CT molecular complexity index is 199. The van der Waals surface area contributed by atoms with E-state index in [2.05, 4.69) is 36.7 Å². The summed E-state index contributed by atoms with van der Waals surface area (Å²) in [4.78, 5) is 0. The first kappa shape index (κ1) is 11.2. The van der Waals surface area contributed by atoms with E-state index in [0.29, 0.717) is 5.41 Å². The molecule has 1 rings (SSSR count). The molecule has 0 spiro atoms. The summed E-state index contributed by atoms with van der Waals surface area (Å²) in [6, 6.07) is 0. The molecule has 0 N–H and O–H groups in total. The molecule has 0 heterocycles. The maximum Gasteiger partial charge on any atom is 0.164 e. The highest BCUT2D eigenvalue weighted by molar-refractivity contribution is 9.11. The average Bonchev–Trinajstić information content (AvgIpc) is 2.03. The van der Waals surface area contributed by atoms with Crippen LogP contribution in [0.2, 0.25) is 0 Å². The molecule has 0 saturated heterocycles. The van der Waals surface area contributed by atoms with Crippen LogP contribution in [0.15, 0.2) is 10.3 Å². The van der Waals surface area contributed by atoms with Crippen LogP contribution in [-0.4, -0.2) is 0 Å². The molecule has 0 aliphatic heterocycles. The van der Waals surface area contributed by atoms with E-state index < -0.39 is 0 Å². The fraction of sp³-hybridized carbons (Fsp3) is 0.818. The van der Waals surface area contributed by atoms with E-state index in [1.54, 1.807) is 0 Å². The molecule has 0 nitrogen and oxygen atoms in total. The molecule has 0 bridgehead atoms. The predicted octanol–water partition coefficient (Wildman–Crippen LogP) is 4.80. The van der Waals surface area contributed by atoms with Crippen molar-refractivity contribution in [3.05, 3.63) is 10.3 Å². The van der Waals surface area contributed by atoms with Gasteiger partial charge in [-0.25, -0.2) is 0 Å². The zero-order valence-corrected chi connectivity index (χ0v) is 10.2. The van der Waals surface area contributed by atoms with Gasteiger partial charge in [0.25, 0.3) is 0 Å². The highest BCUT2D eigenvalue weighted by atomic mass is 79.9. The van der Waals surface area contributed by atoms with Crippen molar-refractivity contribution in [1.29, 1.82) is 0 Å². The van der Waals surface area contributed by atoms with Crippen LogP contribution in [0.4, 0.5) is 4.39 Å². The fourth-order valence-corrected chi connectivity index (χ4v) is 2.42. The zero-order valence-electron chi connectivity index (χ0n) is 8.66. The number of hydrogen-bond donors (Lipinski definition) is 0. The van der Waals surface area contributed by atoms with Crippen LogP contribution >= 0.6 is 15.9 Å². The van der Waals surface area contributed by atoms with Gasteiger partial charge in [-0.3, -0.25) is 0 Å². The second kappa shape index (κ2) is 4.12. The van der Waals surface area contributed by atoms with Gasteiger partial charge >= 0.3 is 0 Å². The van der Waals surface area contributed by atoms with Crippen LogP contribution < -0.4 is 0 Å². The molecular weight excluding hydrogens is 231 g/mol. The first-order chi connectivity index (χ1) is 5.91. The molecule has 1 aliphatic carbocycles. The Labute approximate surface area is 88.7 Å². The summed E-state index contributed by atoms with van der Waals surface area (Å²) in [5, 5.41) is 0. The van der Waals surface area contributed by atoms with Gasteiger partial charge in [0.1, 0.15) is 0 Å². The van der Waals surface area contributed by atoms with E-state index in [4.69, 9.17) is 0 Å². The van der Waals surface area contributed by atoms with Crippen molar-refractivity contribution in [3.63, 3.8) is 0 Å². The Kier molecular flexibility index (Phi) is 3.56. The summed E-state index contributed by atoms with van der Waals surface area (Å²) in [6.07, 6.45) is 4.13. The molecule has 1 aliphatic rings. The molecule has 13 heavy (non-hydrogen) atoms. The molecule has 0 radical (unpaired) electrons. The Morgan fingerprint density at radius 3 is 2.08 bits per heavy atom. The average molecular weight is 249 g/mol. The lowest BCUT2D eigenvalue weighted by atomic mass is 9.71. The Morgan fingerprint density at radius 1 is 1.31 bits per heavy atom. The third-order valence-electron chi connectivity index (χ3n) is 3.08. The van der Waals surface area contributed by atoms with Gasteiger partial charge < -0.3 is 0 Å². The number of allylic oxidation sites excluding steroid dienone is 1. The van der Waals surface area contributed by atoms with E-state index in [9.17, 15) is 4.39 Å². The van der Waals surface area contributed by atoms with Crippen LogP contribution in [0.1, 0.15) is 46.5 Å². The number of hydrogen-bond acceptors (Lipinski definition) is 0. The summed E-state index contributed by atoms with van der Waals surface area (Å²) in [5.74, 6) is 0.753. The van der Waals surface area contributed by atoms with Crippen molar-refractivity contribution < 1.29 is 4.39 Å². The second-order valence-corrected chi connectivity index (χ2v) is 5.70. The molecule has 1 saturated carbocycles. The quantitative estimate of drug-likeness (QED) is 0.578. The van der Waals surface area contributed by atoms with E-state index in [1.165, 1.54) is 0 Å². The van der Waals surface area contributed by atoms with Crippen LogP contribution in [0.3, 0.4) is 0 Å². The normalized spacial score (nSPS) is 24.7. The summed E-state index contributed by atoms with van der Waals surface area (Å²) in [6.45, 7) is 6.82. The monoisotopic (exact) mass is 248 g/mol. The molecular formula is C11H18BrF. The van der Waals surface area contributed by atoms with Crippen molar-refractivity contribution in [1.82, 2.24) is 0 Å². The topological polar surface area (TPSA) is 0 Å². The largest absolute Gasteiger partial charge is 0.199 e. The van der Waals surface area contributed by atoms with E-state index >= 15 is 0 Å². The molecule has 0 aromatic heterocycles. The SMILES string of the molecule is CC(C)(C)C1CCC(=C(F)Br)CC1. The van der Waals surface area contributed by atoms with Gasteiger partial charge in [0, 0.05) is 0 Å². The Morgan fingerprint density at radius 2 is 1.77 bits per heavy atom. The summed E-state index contributed by atoms with van der Waals surface area (Å²) in [7, 11) is 0. The highest BCUT2D eigenvalue weighted by Crippen LogP contribution is 2.41. The standard InChI is InChI=1S/C11H18BrF/c1-11(2,3)9-6-4-8(5-7-9)10(12)13/h9H,4-7H2,1-3H3. The number of halogens is 2. The van der Waals surface area contributed by atoms with Gasteiger partial charge in [0.05, 0.1) is 0 Å². The molecule has 2 heteroatoms. The van der Waals surface area contributed by atoms with Crippen molar-refractivity contribution in [2.45, 2.75) is 46.5 Å². The van der Waals surface area contributed by atoms with E-state index in [1.807, 2.05) is 0 Å². The predicted molar refractivity (Wildman–Crippen MR) is 58.5 cm³/mol. The Balaban J connectivity index is 2.54. The lowest BCUT2D eigenvalue weighted by Crippen LogP contribution is -2.23. The Hall–Kier alpha value is 0.150. The summed E-state index contributed by atoms with van der Waals surface area (Å²) in [5.41, 5.74) is 1.36. The lowest BCUT2D eigenvalue weighted by molar-refractivity contribution is 0.196. The minimum absolute atomic E-state index is 0.125. The van der Waals surface area contributed by atoms with Crippen molar-refractivity contribution in [3.8, 4) is 0 Å². The minimum atomic E-state index is -0.125. The minimum Gasteiger partial charge on any atom is -0.199 e. The molecule has 0 aromatic carbocycles. The van der Waals surface area contributed by atoms with Crippen molar-refractivity contribution in [2.75, 3.05) is 0 Å². The maximum absolute atomic E-state index is 12.8. The molecule has 0 aromatic rings. The smallest absolute Gasteiger partial charge is 0.164 e. The van der Waals surface area contributed by atoms with Gasteiger partial charge in [-0.05, 0) is 58.5 Å². The zero-order chi connectivity index (χ0) is 10.1. The molecule has 0 amide bonds. The van der Waals surface area contributed by atoms with Crippen LogP contribution in [0, 0.1) is 11.3 Å². The van der Waals surface area contributed by atoms with Crippen molar-refractivity contribution >= 4 is 15.9 Å². The summed E-state index contributed by atoms with van der Waals surface area (Å²) < 4.78 is 12.7. The molecule has 0 unspecified atom stereocenters. The molecule has 76 valence electrons. The van der Waals surface area contributed by atoms with E-state index in [0.717, 1.165) is 37.2 Å². The summed E-state index contributed by atoms with van der Waals surface area (Å²) >= 11 is 2.92. The molecule has 1 fully saturated rings. The second-order valence-electron chi connectivity index (χ2n) is 5.00. The van der Waals surface area contributed by atoms with Gasteiger partial charge in [0.15, 0.2) is 4.74 Å². The van der Waals surface area contributed by atoms with Crippen LogP contribution in [-0.2, 0) is 0 Å². The highest BCUT2D eigenvalue weighted by Gasteiger charge is 2.28. The fourth-order valence-electron chi connectivity index (χ4n) is 2.02. The first-order valence-corrected chi connectivity index (χ1v) is 5.73. The third kappa shape index (κ3) is 3.08. The first-order valence-electron chi connectivity index (χ1n) is 4.94. The molecule has 0 atom stereocenters. The van der Waals surface area contributed by atoms with Gasteiger partial charge in [-0.2, -0.15) is 4.39 Å².